The number of nitrogens with zero attached hydrogens (tertiary/aromatic N) is 2. The molecule has 1 aromatic carbocycles. The van der Waals surface area contributed by atoms with Gasteiger partial charge in [-0.15, -0.1) is 0 Å². The summed E-state index contributed by atoms with van der Waals surface area (Å²) in [6, 6.07) is 10.1. The van der Waals surface area contributed by atoms with E-state index >= 15 is 0 Å². The van der Waals surface area contributed by atoms with Crippen LogP contribution in [0.1, 0.15) is 16.8 Å². The lowest BCUT2D eigenvalue weighted by atomic mass is 9.82. The zero-order chi connectivity index (χ0) is 19.0. The number of likely N-dealkylation sites (tertiary alicyclic amines) is 2. The molecular weight excluding hydrogens is 344 g/mol. The third-order valence-corrected chi connectivity index (χ3v) is 5.95. The third kappa shape index (κ3) is 3.76. The number of aryl methyl sites for hydroxylation is 1. The van der Waals surface area contributed by atoms with Crippen molar-refractivity contribution in [2.24, 2.45) is 11.3 Å². The van der Waals surface area contributed by atoms with Gasteiger partial charge in [0.2, 0.25) is 0 Å². The van der Waals surface area contributed by atoms with E-state index in [9.17, 15) is 14.7 Å². The van der Waals surface area contributed by atoms with Gasteiger partial charge in [-0.25, -0.2) is 4.79 Å². The van der Waals surface area contributed by atoms with Crippen molar-refractivity contribution in [1.82, 2.24) is 19.8 Å². The van der Waals surface area contributed by atoms with Crippen molar-refractivity contribution in [1.29, 1.82) is 0 Å². The molecule has 7 nitrogen and oxygen atoms in total. The van der Waals surface area contributed by atoms with Crippen molar-refractivity contribution in [2.75, 3.05) is 32.8 Å². The molecule has 2 aromatic rings. The molecule has 0 bridgehead atoms. The standard InChI is InChI=1S/C20H26N4O3/c1-14-2-4-15(5-3-14)7-23-8-16-9-24(12-20(16,11-23)13-25)10-17-6-18(26)22-19(27)21-17/h2-6,16,25H,7-13H2,1H3,(H2,21,22,26,27). The lowest BCUT2D eigenvalue weighted by molar-refractivity contribution is 0.110. The SMILES string of the molecule is Cc1ccc(CN2CC3CN(Cc4cc(=O)[nH]c(=O)[nH]4)CC3(CO)C2)cc1. The zero-order valence-corrected chi connectivity index (χ0v) is 15.6. The lowest BCUT2D eigenvalue weighted by Gasteiger charge is -2.27. The predicted molar refractivity (Wildman–Crippen MR) is 102 cm³/mol. The minimum absolute atomic E-state index is 0.133. The molecule has 0 radical (unpaired) electrons. The van der Waals surface area contributed by atoms with Crippen molar-refractivity contribution in [3.05, 3.63) is 68.0 Å². The molecule has 1 aromatic heterocycles. The lowest BCUT2D eigenvalue weighted by Crippen LogP contribution is -2.37. The molecule has 0 aliphatic carbocycles. The number of hydrogen-bond acceptors (Lipinski definition) is 5. The number of H-pyrrole nitrogens is 2. The van der Waals surface area contributed by atoms with Gasteiger partial charge >= 0.3 is 5.69 Å². The van der Waals surface area contributed by atoms with Gasteiger partial charge in [0, 0.05) is 56.4 Å². The van der Waals surface area contributed by atoms with Crippen LogP contribution in [0.2, 0.25) is 0 Å². The molecule has 144 valence electrons. The Bertz CT molecular complexity index is 892. The van der Waals surface area contributed by atoms with Crippen molar-refractivity contribution in [2.45, 2.75) is 20.0 Å². The zero-order valence-electron chi connectivity index (χ0n) is 15.6. The van der Waals surface area contributed by atoms with Gasteiger partial charge in [0.05, 0.1) is 6.61 Å². The van der Waals surface area contributed by atoms with E-state index in [-0.39, 0.29) is 17.6 Å². The Morgan fingerprint density at radius 3 is 2.33 bits per heavy atom. The fourth-order valence-electron chi connectivity index (χ4n) is 4.66. The first-order valence-electron chi connectivity index (χ1n) is 9.39. The average molecular weight is 370 g/mol. The molecule has 3 N–H and O–H groups in total. The second-order valence-electron chi connectivity index (χ2n) is 8.16. The first-order chi connectivity index (χ1) is 13.0. The monoisotopic (exact) mass is 370 g/mol. The van der Waals surface area contributed by atoms with Crippen LogP contribution in [0, 0.1) is 18.3 Å². The molecular formula is C20H26N4O3. The van der Waals surface area contributed by atoms with Crippen LogP contribution in [-0.2, 0) is 13.1 Å². The summed E-state index contributed by atoms with van der Waals surface area (Å²) in [5.74, 6) is 0.390. The van der Waals surface area contributed by atoms with Gasteiger partial charge in [0.25, 0.3) is 5.56 Å². The van der Waals surface area contributed by atoms with Gasteiger partial charge < -0.3 is 10.1 Å². The van der Waals surface area contributed by atoms with Crippen LogP contribution in [0.25, 0.3) is 0 Å². The van der Waals surface area contributed by atoms with E-state index < -0.39 is 5.69 Å². The van der Waals surface area contributed by atoms with Crippen molar-refractivity contribution >= 4 is 0 Å². The first kappa shape index (κ1) is 18.2. The molecule has 2 atom stereocenters. The minimum atomic E-state index is -0.474. The number of rotatable bonds is 5. The largest absolute Gasteiger partial charge is 0.396 e. The molecule has 2 aliphatic heterocycles. The summed E-state index contributed by atoms with van der Waals surface area (Å²) in [7, 11) is 0. The van der Waals surface area contributed by atoms with E-state index in [4.69, 9.17) is 0 Å². The van der Waals surface area contributed by atoms with Gasteiger partial charge in [-0.1, -0.05) is 29.8 Å². The molecule has 3 heterocycles. The highest BCUT2D eigenvalue weighted by Crippen LogP contribution is 2.42. The second kappa shape index (κ2) is 7.07. The Morgan fingerprint density at radius 2 is 1.74 bits per heavy atom. The highest BCUT2D eigenvalue weighted by atomic mass is 16.3. The van der Waals surface area contributed by atoms with Crippen LogP contribution in [0.5, 0.6) is 0 Å². The molecule has 7 heteroatoms. The van der Waals surface area contributed by atoms with Crippen LogP contribution < -0.4 is 11.2 Å². The summed E-state index contributed by atoms with van der Waals surface area (Å²) in [6.45, 7) is 7.13. The minimum Gasteiger partial charge on any atom is -0.396 e. The maximum absolute atomic E-state index is 11.5. The summed E-state index contributed by atoms with van der Waals surface area (Å²) in [5.41, 5.74) is 2.19. The van der Waals surface area contributed by atoms with Crippen LogP contribution >= 0.6 is 0 Å². The normalized spacial score (nSPS) is 25.8. The highest BCUT2D eigenvalue weighted by Gasteiger charge is 2.51. The van der Waals surface area contributed by atoms with Crippen molar-refractivity contribution < 1.29 is 5.11 Å². The summed E-state index contributed by atoms with van der Waals surface area (Å²) < 4.78 is 0. The Labute approximate surface area is 157 Å². The molecule has 2 unspecified atom stereocenters. The van der Waals surface area contributed by atoms with Crippen LogP contribution in [0.3, 0.4) is 0 Å². The number of aliphatic hydroxyl groups excluding tert-OH is 1. The predicted octanol–water partition coefficient (Wildman–Crippen LogP) is 0.298. The summed E-state index contributed by atoms with van der Waals surface area (Å²) >= 11 is 0. The maximum Gasteiger partial charge on any atom is 0.325 e. The van der Waals surface area contributed by atoms with Crippen molar-refractivity contribution in [3.8, 4) is 0 Å². The number of fused-ring (bicyclic) bond motifs is 1. The fraction of sp³-hybridized carbons (Fsp3) is 0.500. The molecule has 4 rings (SSSR count). The van der Waals surface area contributed by atoms with Gasteiger partial charge in [-0.2, -0.15) is 0 Å². The summed E-state index contributed by atoms with van der Waals surface area (Å²) in [4.78, 5) is 32.5. The quantitative estimate of drug-likeness (QED) is 0.704. The Morgan fingerprint density at radius 1 is 1.07 bits per heavy atom. The first-order valence-corrected chi connectivity index (χ1v) is 9.39. The molecule has 2 aliphatic rings. The second-order valence-corrected chi connectivity index (χ2v) is 8.16. The smallest absolute Gasteiger partial charge is 0.325 e. The fourth-order valence-corrected chi connectivity index (χ4v) is 4.66. The van der Waals surface area contributed by atoms with E-state index in [1.807, 2.05) is 0 Å². The van der Waals surface area contributed by atoms with E-state index in [2.05, 4.69) is 51.0 Å². The number of hydrogen-bond donors (Lipinski definition) is 3. The van der Waals surface area contributed by atoms with Crippen LogP contribution in [0.4, 0.5) is 0 Å². The molecule has 2 saturated heterocycles. The summed E-state index contributed by atoms with van der Waals surface area (Å²) in [6.07, 6.45) is 0. The highest BCUT2D eigenvalue weighted by molar-refractivity contribution is 5.21. The van der Waals surface area contributed by atoms with Gasteiger partial charge in [-0.3, -0.25) is 19.6 Å². The molecule has 2 fully saturated rings. The van der Waals surface area contributed by atoms with Gasteiger partial charge in [0.15, 0.2) is 0 Å². The van der Waals surface area contributed by atoms with E-state index in [1.165, 1.54) is 17.2 Å². The van der Waals surface area contributed by atoms with E-state index in [1.54, 1.807) is 0 Å². The molecule has 0 saturated carbocycles. The number of nitrogens with one attached hydrogen (secondary N) is 2. The van der Waals surface area contributed by atoms with Crippen molar-refractivity contribution in [3.63, 3.8) is 0 Å². The maximum atomic E-state index is 11.5. The molecule has 0 spiro atoms. The Kier molecular flexibility index (Phi) is 4.75. The molecule has 0 amide bonds. The number of benzene rings is 1. The van der Waals surface area contributed by atoms with Gasteiger partial charge in [0.1, 0.15) is 0 Å². The molecule has 27 heavy (non-hydrogen) atoms. The number of aromatic amines is 2. The Hall–Kier alpha value is -2.22. The number of aliphatic hydroxyl groups is 1. The average Bonchev–Trinajstić information content (AvgIpc) is 3.09. The van der Waals surface area contributed by atoms with E-state index in [0.29, 0.717) is 18.2 Å². The third-order valence-electron chi connectivity index (χ3n) is 5.95. The summed E-state index contributed by atoms with van der Waals surface area (Å²) in [5, 5.41) is 10.2. The van der Waals surface area contributed by atoms with Crippen LogP contribution in [0.15, 0.2) is 39.9 Å². The Balaban J connectivity index is 1.42. The van der Waals surface area contributed by atoms with E-state index in [0.717, 1.165) is 32.7 Å². The number of aromatic nitrogens is 2. The van der Waals surface area contributed by atoms with Gasteiger partial charge in [-0.05, 0) is 18.4 Å². The van der Waals surface area contributed by atoms with Crippen LogP contribution in [-0.4, -0.2) is 57.7 Å². The topological polar surface area (TPSA) is 92.4 Å².